The number of nitrogens with zero attached hydrogens (tertiary/aromatic N) is 1. The summed E-state index contributed by atoms with van der Waals surface area (Å²) in [6, 6.07) is 5.08. The molecular formula is C14H22N2O3. The minimum absolute atomic E-state index is 0.0112. The normalized spacial score (nSPS) is 12.3. The fourth-order valence-corrected chi connectivity index (χ4v) is 1.90. The van der Waals surface area contributed by atoms with Gasteiger partial charge in [-0.05, 0) is 27.2 Å². The van der Waals surface area contributed by atoms with Gasteiger partial charge >= 0.3 is 0 Å². The molecule has 1 atom stereocenters. The molecule has 1 N–H and O–H groups in total. The molecule has 0 aliphatic heterocycles. The van der Waals surface area contributed by atoms with E-state index in [0.717, 1.165) is 18.5 Å². The van der Waals surface area contributed by atoms with Gasteiger partial charge in [0, 0.05) is 23.9 Å². The Kier molecular flexibility index (Phi) is 5.60. The molecule has 0 amide bonds. The minimum atomic E-state index is -0.400. The van der Waals surface area contributed by atoms with Crippen LogP contribution in [0.3, 0.4) is 0 Å². The molecule has 5 heteroatoms. The van der Waals surface area contributed by atoms with Crippen LogP contribution >= 0.6 is 0 Å². The number of benzene rings is 1. The molecule has 19 heavy (non-hydrogen) atoms. The van der Waals surface area contributed by atoms with Crippen LogP contribution in [0.5, 0.6) is 5.75 Å². The second-order valence-corrected chi connectivity index (χ2v) is 4.97. The van der Waals surface area contributed by atoms with Gasteiger partial charge in [0.15, 0.2) is 0 Å². The predicted octanol–water partition coefficient (Wildman–Crippen LogP) is 3.98. The average Bonchev–Trinajstić information content (AvgIpc) is 2.27. The third kappa shape index (κ3) is 5.16. The van der Waals surface area contributed by atoms with Gasteiger partial charge in [-0.3, -0.25) is 10.1 Å². The first-order valence-electron chi connectivity index (χ1n) is 6.65. The van der Waals surface area contributed by atoms with Crippen LogP contribution in [-0.4, -0.2) is 17.1 Å². The zero-order valence-corrected chi connectivity index (χ0v) is 12.0. The molecule has 0 aliphatic rings. The largest absolute Gasteiger partial charge is 0.491 e. The van der Waals surface area contributed by atoms with Gasteiger partial charge in [-0.15, -0.1) is 0 Å². The molecule has 1 aromatic carbocycles. The molecule has 1 rings (SSSR count). The Morgan fingerprint density at radius 2 is 2.00 bits per heavy atom. The van der Waals surface area contributed by atoms with Gasteiger partial charge in [0.1, 0.15) is 5.75 Å². The molecular weight excluding hydrogens is 244 g/mol. The lowest BCUT2D eigenvalue weighted by molar-refractivity contribution is -0.384. The van der Waals surface area contributed by atoms with Crippen molar-refractivity contribution in [3.63, 3.8) is 0 Å². The smallest absolute Gasteiger partial charge is 0.275 e. The molecule has 0 radical (unpaired) electrons. The fourth-order valence-electron chi connectivity index (χ4n) is 1.90. The van der Waals surface area contributed by atoms with Crippen LogP contribution < -0.4 is 10.1 Å². The van der Waals surface area contributed by atoms with Crippen molar-refractivity contribution in [2.45, 2.75) is 52.7 Å². The van der Waals surface area contributed by atoms with Crippen molar-refractivity contribution in [3.8, 4) is 5.75 Å². The third-order valence-electron chi connectivity index (χ3n) is 2.61. The van der Waals surface area contributed by atoms with Crippen LogP contribution in [0, 0.1) is 10.1 Å². The van der Waals surface area contributed by atoms with Crippen molar-refractivity contribution in [3.05, 3.63) is 28.3 Å². The molecule has 0 heterocycles. The van der Waals surface area contributed by atoms with Crippen LogP contribution in [0.4, 0.5) is 11.4 Å². The van der Waals surface area contributed by atoms with Crippen molar-refractivity contribution < 1.29 is 9.66 Å². The number of nitro benzene ring substituents is 1. The molecule has 5 nitrogen and oxygen atoms in total. The summed E-state index contributed by atoms with van der Waals surface area (Å²) >= 11 is 0. The van der Waals surface area contributed by atoms with Gasteiger partial charge in [-0.2, -0.15) is 0 Å². The number of nitrogens with one attached hydrogen (secondary N) is 1. The summed E-state index contributed by atoms with van der Waals surface area (Å²) in [5, 5.41) is 14.2. The Balaban J connectivity index is 2.95. The molecule has 0 saturated heterocycles. The zero-order valence-electron chi connectivity index (χ0n) is 12.0. The third-order valence-corrected chi connectivity index (χ3v) is 2.61. The van der Waals surface area contributed by atoms with Gasteiger partial charge in [0.2, 0.25) is 0 Å². The van der Waals surface area contributed by atoms with Gasteiger partial charge < -0.3 is 10.1 Å². The maximum atomic E-state index is 10.9. The highest BCUT2D eigenvalue weighted by molar-refractivity contribution is 5.56. The number of hydrogen-bond donors (Lipinski definition) is 1. The fraction of sp³-hybridized carbons (Fsp3) is 0.571. The summed E-state index contributed by atoms with van der Waals surface area (Å²) in [5.74, 6) is 0.524. The zero-order chi connectivity index (χ0) is 14.4. The van der Waals surface area contributed by atoms with E-state index in [-0.39, 0.29) is 17.8 Å². The van der Waals surface area contributed by atoms with Gasteiger partial charge in [0.05, 0.1) is 17.1 Å². The number of hydrogen-bond acceptors (Lipinski definition) is 4. The molecule has 0 saturated carbocycles. The second-order valence-electron chi connectivity index (χ2n) is 4.97. The highest BCUT2D eigenvalue weighted by Gasteiger charge is 2.12. The second kappa shape index (κ2) is 6.97. The Bertz CT molecular complexity index is 433. The molecule has 0 bridgehead atoms. The van der Waals surface area contributed by atoms with Crippen LogP contribution in [0.1, 0.15) is 40.5 Å². The molecule has 1 unspecified atom stereocenters. The van der Waals surface area contributed by atoms with Crippen molar-refractivity contribution in [2.75, 3.05) is 5.32 Å². The Morgan fingerprint density at radius 3 is 2.53 bits per heavy atom. The van der Waals surface area contributed by atoms with E-state index in [9.17, 15) is 10.1 Å². The minimum Gasteiger partial charge on any atom is -0.491 e. The lowest BCUT2D eigenvalue weighted by atomic mass is 10.1. The maximum Gasteiger partial charge on any atom is 0.275 e. The van der Waals surface area contributed by atoms with Crippen LogP contribution in [0.15, 0.2) is 18.2 Å². The molecule has 1 aromatic rings. The number of nitro groups is 1. The van der Waals surface area contributed by atoms with E-state index in [2.05, 4.69) is 19.2 Å². The van der Waals surface area contributed by atoms with E-state index in [4.69, 9.17) is 4.74 Å². The summed E-state index contributed by atoms with van der Waals surface area (Å²) in [6.07, 6.45) is 2.07. The van der Waals surface area contributed by atoms with E-state index in [1.54, 1.807) is 12.1 Å². The van der Waals surface area contributed by atoms with Crippen molar-refractivity contribution in [1.82, 2.24) is 0 Å². The monoisotopic (exact) mass is 266 g/mol. The number of ether oxygens (including phenoxy) is 1. The summed E-state index contributed by atoms with van der Waals surface area (Å²) in [7, 11) is 0. The summed E-state index contributed by atoms with van der Waals surface area (Å²) < 4.78 is 5.54. The van der Waals surface area contributed by atoms with Crippen LogP contribution in [0.25, 0.3) is 0 Å². The maximum absolute atomic E-state index is 10.9. The first-order valence-corrected chi connectivity index (χ1v) is 6.65. The molecule has 0 aromatic heterocycles. The molecule has 0 fully saturated rings. The predicted molar refractivity (Wildman–Crippen MR) is 76.9 cm³/mol. The van der Waals surface area contributed by atoms with E-state index >= 15 is 0 Å². The topological polar surface area (TPSA) is 64.4 Å². The summed E-state index contributed by atoms with van der Waals surface area (Å²) in [6.45, 7) is 7.96. The number of anilines is 1. The lowest BCUT2D eigenvalue weighted by Gasteiger charge is -2.16. The van der Waals surface area contributed by atoms with Crippen molar-refractivity contribution >= 4 is 11.4 Å². The van der Waals surface area contributed by atoms with Crippen LogP contribution in [0.2, 0.25) is 0 Å². The van der Waals surface area contributed by atoms with Crippen molar-refractivity contribution in [2.24, 2.45) is 0 Å². The standard InChI is InChI=1S/C14H22N2O3/c1-5-6-11(4)15-12-7-13(16(17)18)9-14(8-12)19-10(2)3/h7-11,15H,5-6H2,1-4H3. The quantitative estimate of drug-likeness (QED) is 0.598. The Morgan fingerprint density at radius 1 is 1.32 bits per heavy atom. The average molecular weight is 266 g/mol. The summed E-state index contributed by atoms with van der Waals surface area (Å²) in [5.41, 5.74) is 0.773. The van der Waals surface area contributed by atoms with E-state index < -0.39 is 4.92 Å². The number of non-ortho nitro benzene ring substituents is 1. The van der Waals surface area contributed by atoms with Crippen molar-refractivity contribution in [1.29, 1.82) is 0 Å². The first kappa shape index (κ1) is 15.3. The number of rotatable bonds is 7. The van der Waals surface area contributed by atoms with E-state index in [1.165, 1.54) is 6.07 Å². The Hall–Kier alpha value is -1.78. The molecule has 106 valence electrons. The highest BCUT2D eigenvalue weighted by Crippen LogP contribution is 2.27. The van der Waals surface area contributed by atoms with Crippen LogP contribution in [-0.2, 0) is 0 Å². The van der Waals surface area contributed by atoms with E-state index in [0.29, 0.717) is 5.75 Å². The van der Waals surface area contributed by atoms with E-state index in [1.807, 2.05) is 13.8 Å². The molecule has 0 spiro atoms. The summed E-state index contributed by atoms with van der Waals surface area (Å²) in [4.78, 5) is 10.5. The van der Waals surface area contributed by atoms with Gasteiger partial charge in [-0.25, -0.2) is 0 Å². The first-order chi connectivity index (χ1) is 8.92. The molecule has 0 aliphatic carbocycles. The van der Waals surface area contributed by atoms with Gasteiger partial charge in [-0.1, -0.05) is 13.3 Å². The van der Waals surface area contributed by atoms with Gasteiger partial charge in [0.25, 0.3) is 5.69 Å². The highest BCUT2D eigenvalue weighted by atomic mass is 16.6. The Labute approximate surface area is 114 Å². The lowest BCUT2D eigenvalue weighted by Crippen LogP contribution is -2.15. The SMILES string of the molecule is CCCC(C)Nc1cc(OC(C)C)cc([N+](=O)[O-])c1.